The van der Waals surface area contributed by atoms with E-state index in [2.05, 4.69) is 11.0 Å². The van der Waals surface area contributed by atoms with Gasteiger partial charge in [-0.3, -0.25) is 4.79 Å². The summed E-state index contributed by atoms with van der Waals surface area (Å²) in [5.74, 6) is -0.212. The largest absolute Gasteiger partial charge is 0.391 e. The molecule has 0 aromatic heterocycles. The highest BCUT2D eigenvalue weighted by molar-refractivity contribution is 5.91. The molecule has 6 nitrogen and oxygen atoms in total. The van der Waals surface area contributed by atoms with Crippen LogP contribution in [0.5, 0.6) is 0 Å². The van der Waals surface area contributed by atoms with Crippen LogP contribution in [0.3, 0.4) is 0 Å². The lowest BCUT2D eigenvalue weighted by molar-refractivity contribution is -0.152. The lowest BCUT2D eigenvalue weighted by atomic mass is 9.81. The zero-order chi connectivity index (χ0) is 27.2. The monoisotopic (exact) mass is 523 g/mol. The predicted octanol–water partition coefficient (Wildman–Crippen LogP) is 4.77. The molecule has 0 spiro atoms. The zero-order valence-corrected chi connectivity index (χ0v) is 22.8. The van der Waals surface area contributed by atoms with Crippen LogP contribution in [0.4, 0.5) is 4.39 Å². The molecule has 38 heavy (non-hydrogen) atoms. The molecule has 1 amide bonds. The van der Waals surface area contributed by atoms with Crippen molar-refractivity contribution < 1.29 is 19.0 Å². The van der Waals surface area contributed by atoms with E-state index in [9.17, 15) is 19.6 Å². The van der Waals surface area contributed by atoms with Crippen molar-refractivity contribution in [2.75, 3.05) is 39.3 Å². The first-order valence-electron chi connectivity index (χ1n) is 14.2. The van der Waals surface area contributed by atoms with Crippen LogP contribution in [-0.2, 0) is 9.53 Å². The summed E-state index contributed by atoms with van der Waals surface area (Å²) in [7, 11) is 0. The number of ether oxygens (including phenoxy) is 1. The van der Waals surface area contributed by atoms with Gasteiger partial charge in [-0.2, -0.15) is 5.26 Å². The van der Waals surface area contributed by atoms with Crippen LogP contribution in [0.25, 0.3) is 0 Å². The first-order chi connectivity index (χ1) is 18.3. The Morgan fingerprint density at radius 3 is 2.53 bits per heavy atom. The number of benzene rings is 1. The Labute approximate surface area is 226 Å². The topological polar surface area (TPSA) is 76.8 Å². The molecule has 3 unspecified atom stereocenters. The maximum absolute atomic E-state index is 14.9. The van der Waals surface area contributed by atoms with Gasteiger partial charge in [0.2, 0.25) is 0 Å². The molecule has 1 aromatic carbocycles. The fourth-order valence-electron chi connectivity index (χ4n) is 5.88. The summed E-state index contributed by atoms with van der Waals surface area (Å²) in [6.45, 7) is 7.11. The van der Waals surface area contributed by atoms with Gasteiger partial charge in [0.05, 0.1) is 18.8 Å². The van der Waals surface area contributed by atoms with Gasteiger partial charge in [0.15, 0.2) is 5.60 Å². The summed E-state index contributed by atoms with van der Waals surface area (Å²) in [4.78, 5) is 17.8. The molecule has 3 atom stereocenters. The maximum Gasteiger partial charge on any atom is 0.263 e. The number of halogens is 1. The first kappa shape index (κ1) is 28.5. The summed E-state index contributed by atoms with van der Waals surface area (Å²) in [6, 6.07) is 12.1. The van der Waals surface area contributed by atoms with E-state index in [1.54, 1.807) is 11.0 Å². The molecule has 1 aliphatic carbocycles. The highest BCUT2D eigenvalue weighted by Gasteiger charge is 2.43. The van der Waals surface area contributed by atoms with E-state index >= 15 is 0 Å². The van der Waals surface area contributed by atoms with Gasteiger partial charge in [0.1, 0.15) is 5.67 Å². The van der Waals surface area contributed by atoms with Gasteiger partial charge in [0, 0.05) is 31.1 Å². The van der Waals surface area contributed by atoms with Gasteiger partial charge in [-0.05, 0) is 75.2 Å². The lowest BCUT2D eigenvalue weighted by Gasteiger charge is -2.40. The minimum Gasteiger partial charge on any atom is -0.391 e. The van der Waals surface area contributed by atoms with Crippen molar-refractivity contribution in [3.05, 3.63) is 59.7 Å². The SMILES string of the molecule is CCC(F)(CC)CN1CCC(COC2(C(=O)N3CCCC(O)C3)C=CC(c3ccccc3)C(C#N)=C2)CC1. The predicted molar refractivity (Wildman–Crippen MR) is 146 cm³/mol. The standard InChI is InChI=1S/C31H42FN3O3/c1-3-30(32,4-2)23-34-17-13-24(14-18-34)22-38-31(29(37)35-16-8-11-27(36)21-35)15-12-28(26(19-31)20-33)25-9-6-5-7-10-25/h5-7,9-10,12,15,19,24,27-28,36H,3-4,8,11,13-14,16-18,21-23H2,1-2H3. The molecule has 2 fully saturated rings. The third kappa shape index (κ3) is 6.54. The van der Waals surface area contributed by atoms with E-state index in [1.807, 2.05) is 56.3 Å². The fraction of sp³-hybridized carbons (Fsp3) is 0.613. The number of likely N-dealkylation sites (tertiary alicyclic amines) is 2. The molecule has 1 aromatic rings. The Morgan fingerprint density at radius 1 is 1.18 bits per heavy atom. The number of hydrogen-bond acceptors (Lipinski definition) is 5. The summed E-state index contributed by atoms with van der Waals surface area (Å²) < 4.78 is 21.4. The summed E-state index contributed by atoms with van der Waals surface area (Å²) >= 11 is 0. The third-order valence-corrected chi connectivity index (χ3v) is 8.59. The number of carbonyl (C=O) groups is 1. The number of alkyl halides is 1. The number of nitriles is 1. The molecule has 4 rings (SSSR count). The smallest absolute Gasteiger partial charge is 0.263 e. The number of piperidine rings is 2. The molecule has 2 heterocycles. The van der Waals surface area contributed by atoms with E-state index in [-0.39, 0.29) is 24.3 Å². The number of nitrogens with zero attached hydrogens (tertiary/aromatic N) is 3. The second kappa shape index (κ2) is 12.5. The number of aliphatic hydroxyl groups excluding tert-OH is 1. The van der Waals surface area contributed by atoms with Crippen LogP contribution in [0.2, 0.25) is 0 Å². The third-order valence-electron chi connectivity index (χ3n) is 8.59. The molecule has 0 bridgehead atoms. The number of hydrogen-bond donors (Lipinski definition) is 1. The van der Waals surface area contributed by atoms with E-state index in [4.69, 9.17) is 4.74 Å². The Kier molecular flexibility index (Phi) is 9.40. The second-order valence-corrected chi connectivity index (χ2v) is 11.2. The van der Waals surface area contributed by atoms with Gasteiger partial charge in [-0.25, -0.2) is 4.39 Å². The minimum atomic E-state index is -1.37. The molecule has 2 aliphatic heterocycles. The number of carbonyl (C=O) groups excluding carboxylic acids is 1. The van der Waals surface area contributed by atoms with Crippen LogP contribution >= 0.6 is 0 Å². The average molecular weight is 524 g/mol. The van der Waals surface area contributed by atoms with E-state index in [0.29, 0.717) is 44.5 Å². The summed E-state index contributed by atoms with van der Waals surface area (Å²) in [5, 5.41) is 20.3. The Balaban J connectivity index is 1.49. The van der Waals surface area contributed by atoms with Gasteiger partial charge in [-0.15, -0.1) is 0 Å². The van der Waals surface area contributed by atoms with Gasteiger partial charge < -0.3 is 19.6 Å². The molecule has 206 valence electrons. The van der Waals surface area contributed by atoms with Crippen LogP contribution < -0.4 is 0 Å². The number of allylic oxidation sites excluding steroid dienone is 2. The number of amides is 1. The quantitative estimate of drug-likeness (QED) is 0.472. The zero-order valence-electron chi connectivity index (χ0n) is 22.8. The van der Waals surface area contributed by atoms with Gasteiger partial charge >= 0.3 is 0 Å². The van der Waals surface area contributed by atoms with Crippen molar-refractivity contribution in [2.24, 2.45) is 5.92 Å². The highest BCUT2D eigenvalue weighted by atomic mass is 19.1. The normalized spacial score (nSPS) is 27.1. The van der Waals surface area contributed by atoms with Crippen LogP contribution in [0.1, 0.15) is 63.9 Å². The second-order valence-electron chi connectivity index (χ2n) is 11.2. The number of aliphatic hydroxyl groups is 1. The molecule has 7 heteroatoms. The van der Waals surface area contributed by atoms with Crippen molar-refractivity contribution in [1.29, 1.82) is 5.26 Å². The maximum atomic E-state index is 14.9. The van der Waals surface area contributed by atoms with Crippen LogP contribution in [0.15, 0.2) is 54.1 Å². The van der Waals surface area contributed by atoms with Crippen molar-refractivity contribution in [3.8, 4) is 6.07 Å². The average Bonchev–Trinajstić information content (AvgIpc) is 2.96. The van der Waals surface area contributed by atoms with E-state index in [0.717, 1.165) is 37.9 Å². The fourth-order valence-corrected chi connectivity index (χ4v) is 5.88. The molecule has 0 saturated carbocycles. The Morgan fingerprint density at radius 2 is 1.89 bits per heavy atom. The molecule has 3 aliphatic rings. The molecule has 0 radical (unpaired) electrons. The van der Waals surface area contributed by atoms with E-state index < -0.39 is 17.4 Å². The van der Waals surface area contributed by atoms with Crippen molar-refractivity contribution >= 4 is 5.91 Å². The highest BCUT2D eigenvalue weighted by Crippen LogP contribution is 2.37. The van der Waals surface area contributed by atoms with Gasteiger partial charge in [-0.1, -0.05) is 50.3 Å². The summed E-state index contributed by atoms with van der Waals surface area (Å²) in [5.41, 5.74) is -1.04. The first-order valence-corrected chi connectivity index (χ1v) is 14.2. The Bertz CT molecular complexity index is 1040. The Hall–Kier alpha value is -2.53. The summed E-state index contributed by atoms with van der Waals surface area (Å²) in [6.07, 6.45) is 9.07. The molecular weight excluding hydrogens is 481 g/mol. The van der Waals surface area contributed by atoms with Crippen LogP contribution in [0, 0.1) is 17.2 Å². The van der Waals surface area contributed by atoms with Gasteiger partial charge in [0.25, 0.3) is 5.91 Å². The van der Waals surface area contributed by atoms with Crippen molar-refractivity contribution in [2.45, 2.75) is 75.7 Å². The minimum absolute atomic E-state index is 0.225. The number of rotatable bonds is 9. The molecule has 2 saturated heterocycles. The number of β-amino-alcohol motifs (C(OH)–C–C–N with tert-alkyl or cyclic N) is 1. The molecule has 1 N–H and O–H groups in total. The van der Waals surface area contributed by atoms with Crippen molar-refractivity contribution in [1.82, 2.24) is 9.80 Å². The van der Waals surface area contributed by atoms with Crippen molar-refractivity contribution in [3.63, 3.8) is 0 Å². The van der Waals surface area contributed by atoms with E-state index in [1.165, 1.54) is 0 Å². The van der Waals surface area contributed by atoms with Crippen LogP contribution in [-0.4, -0.2) is 77.5 Å². The lowest BCUT2D eigenvalue weighted by Crippen LogP contribution is -2.54. The molecular formula is C31H42FN3O3.